The molecule has 3 aromatic rings. The van der Waals surface area contributed by atoms with Crippen molar-refractivity contribution in [1.82, 2.24) is 9.55 Å². The summed E-state index contributed by atoms with van der Waals surface area (Å²) >= 11 is 0. The lowest BCUT2D eigenvalue weighted by Crippen LogP contribution is -2.24. The van der Waals surface area contributed by atoms with Gasteiger partial charge in [-0.1, -0.05) is 17.9 Å². The van der Waals surface area contributed by atoms with Gasteiger partial charge in [0.1, 0.15) is 11.6 Å². The molecule has 0 spiro atoms. The summed E-state index contributed by atoms with van der Waals surface area (Å²) in [5.74, 6) is 6.44. The monoisotopic (exact) mass is 374 g/mol. The maximum atomic E-state index is 13.3. The lowest BCUT2D eigenvalue weighted by atomic mass is 10.1. The van der Waals surface area contributed by atoms with Crippen LogP contribution in [0.4, 0.5) is 4.39 Å². The highest BCUT2D eigenvalue weighted by molar-refractivity contribution is 5.79. The summed E-state index contributed by atoms with van der Waals surface area (Å²) in [5.41, 5.74) is 3.14. The molecule has 0 unspecified atom stereocenters. The molecule has 0 fully saturated rings. The molecule has 0 N–H and O–H groups in total. The quantitative estimate of drug-likeness (QED) is 0.481. The van der Waals surface area contributed by atoms with Crippen LogP contribution in [0, 0.1) is 17.7 Å². The molecule has 4 rings (SSSR count). The Morgan fingerprint density at radius 2 is 1.93 bits per heavy atom. The van der Waals surface area contributed by atoms with Crippen LogP contribution in [-0.2, 0) is 17.7 Å². The summed E-state index contributed by atoms with van der Waals surface area (Å²) in [5, 5.41) is 0.583. The van der Waals surface area contributed by atoms with Gasteiger partial charge in [-0.2, -0.15) is 0 Å². The Kier molecular flexibility index (Phi) is 4.94. The van der Waals surface area contributed by atoms with Crippen molar-refractivity contribution < 1.29 is 9.13 Å². The van der Waals surface area contributed by atoms with Gasteiger partial charge in [0.25, 0.3) is 5.56 Å². The summed E-state index contributed by atoms with van der Waals surface area (Å²) in [6, 6.07) is 11.6. The Balaban J connectivity index is 1.72. The smallest absolute Gasteiger partial charge is 0.261 e. The van der Waals surface area contributed by atoms with Crippen molar-refractivity contribution in [1.29, 1.82) is 0 Å². The third-order valence-corrected chi connectivity index (χ3v) is 4.82. The summed E-state index contributed by atoms with van der Waals surface area (Å²) in [4.78, 5) is 17.6. The average molecular weight is 374 g/mol. The van der Waals surface area contributed by atoms with E-state index in [0.29, 0.717) is 29.4 Å². The minimum absolute atomic E-state index is 0.0247. The minimum Gasteiger partial charge on any atom is -0.504 e. The zero-order chi connectivity index (χ0) is 19.5. The first-order valence-corrected chi connectivity index (χ1v) is 9.16. The predicted molar refractivity (Wildman–Crippen MR) is 106 cm³/mol. The summed E-state index contributed by atoms with van der Waals surface area (Å²) < 4.78 is 20.2. The Bertz CT molecular complexity index is 1200. The van der Waals surface area contributed by atoms with E-state index >= 15 is 0 Å². The maximum Gasteiger partial charge on any atom is 0.261 e. The van der Waals surface area contributed by atoms with Crippen LogP contribution in [0.15, 0.2) is 59.1 Å². The number of benzene rings is 2. The number of aryl methyl sites for hydroxylation is 1. The number of ether oxygens (including phenoxy) is 1. The SMILES string of the molecule is COC=C1CCc2nc3cc(C#Cc4cccc(F)c4)ccc3c(=O)n2CC1. The summed E-state index contributed by atoms with van der Waals surface area (Å²) in [7, 11) is 1.64. The molecule has 0 atom stereocenters. The van der Waals surface area contributed by atoms with Crippen LogP contribution in [0.1, 0.15) is 29.8 Å². The topological polar surface area (TPSA) is 44.1 Å². The lowest BCUT2D eigenvalue weighted by molar-refractivity contribution is 0.331. The minimum atomic E-state index is -0.315. The van der Waals surface area contributed by atoms with Gasteiger partial charge < -0.3 is 4.74 Å². The van der Waals surface area contributed by atoms with Crippen molar-refractivity contribution in [3.8, 4) is 11.8 Å². The fourth-order valence-corrected chi connectivity index (χ4v) is 3.41. The van der Waals surface area contributed by atoms with E-state index < -0.39 is 0 Å². The second-order valence-electron chi connectivity index (χ2n) is 6.74. The number of methoxy groups -OCH3 is 1. The van der Waals surface area contributed by atoms with E-state index in [4.69, 9.17) is 9.72 Å². The van der Waals surface area contributed by atoms with E-state index in [0.717, 1.165) is 24.2 Å². The van der Waals surface area contributed by atoms with Crippen LogP contribution in [0.3, 0.4) is 0 Å². The zero-order valence-corrected chi connectivity index (χ0v) is 15.5. The molecule has 0 amide bonds. The van der Waals surface area contributed by atoms with Crippen LogP contribution >= 0.6 is 0 Å². The second kappa shape index (κ2) is 7.69. The fourth-order valence-electron chi connectivity index (χ4n) is 3.41. The average Bonchev–Trinajstić information content (AvgIpc) is 2.89. The largest absolute Gasteiger partial charge is 0.504 e. The van der Waals surface area contributed by atoms with Gasteiger partial charge in [-0.05, 0) is 54.8 Å². The third-order valence-electron chi connectivity index (χ3n) is 4.82. The molecule has 0 bridgehead atoms. The Morgan fingerprint density at radius 1 is 1.11 bits per heavy atom. The predicted octanol–water partition coefficient (Wildman–Crippen LogP) is 3.80. The van der Waals surface area contributed by atoms with Gasteiger partial charge in [-0.25, -0.2) is 9.37 Å². The molecular formula is C23H19FN2O2. The van der Waals surface area contributed by atoms with E-state index in [1.54, 1.807) is 42.2 Å². The number of fused-ring (bicyclic) bond motifs is 2. The molecule has 2 aromatic carbocycles. The number of rotatable bonds is 1. The van der Waals surface area contributed by atoms with Crippen molar-refractivity contribution in [2.45, 2.75) is 25.8 Å². The van der Waals surface area contributed by atoms with Crippen LogP contribution in [0.25, 0.3) is 10.9 Å². The molecule has 1 aromatic heterocycles. The summed E-state index contributed by atoms with van der Waals surface area (Å²) in [6.07, 6.45) is 4.06. The molecule has 2 heterocycles. The van der Waals surface area contributed by atoms with Gasteiger partial charge in [0.2, 0.25) is 0 Å². The highest BCUT2D eigenvalue weighted by Crippen LogP contribution is 2.19. The molecule has 0 saturated carbocycles. The number of halogens is 1. The molecule has 0 saturated heterocycles. The normalized spacial score (nSPS) is 14.9. The van der Waals surface area contributed by atoms with Crippen LogP contribution < -0.4 is 5.56 Å². The Labute approximate surface area is 162 Å². The first-order chi connectivity index (χ1) is 13.6. The highest BCUT2D eigenvalue weighted by Gasteiger charge is 2.16. The van der Waals surface area contributed by atoms with Gasteiger partial charge in [-0.15, -0.1) is 0 Å². The van der Waals surface area contributed by atoms with Crippen LogP contribution in [0.2, 0.25) is 0 Å². The fraction of sp³-hybridized carbons (Fsp3) is 0.217. The van der Waals surface area contributed by atoms with E-state index in [2.05, 4.69) is 11.8 Å². The molecule has 0 aliphatic carbocycles. The van der Waals surface area contributed by atoms with E-state index in [1.165, 1.54) is 17.7 Å². The molecule has 4 nitrogen and oxygen atoms in total. The van der Waals surface area contributed by atoms with Crippen LogP contribution in [-0.4, -0.2) is 16.7 Å². The van der Waals surface area contributed by atoms with Gasteiger partial charge in [0, 0.05) is 24.1 Å². The number of hydrogen-bond donors (Lipinski definition) is 0. The van der Waals surface area contributed by atoms with Crippen molar-refractivity contribution in [2.24, 2.45) is 0 Å². The van der Waals surface area contributed by atoms with Crippen LogP contribution in [0.5, 0.6) is 0 Å². The first-order valence-electron chi connectivity index (χ1n) is 9.16. The van der Waals surface area contributed by atoms with E-state index in [1.807, 2.05) is 6.07 Å². The molecular weight excluding hydrogens is 355 g/mol. The Hall–Kier alpha value is -3.39. The van der Waals surface area contributed by atoms with Gasteiger partial charge in [0.05, 0.1) is 24.3 Å². The van der Waals surface area contributed by atoms with Gasteiger partial charge in [0.15, 0.2) is 0 Å². The van der Waals surface area contributed by atoms with Gasteiger partial charge >= 0.3 is 0 Å². The van der Waals surface area contributed by atoms with Crippen molar-refractivity contribution in [2.75, 3.05) is 7.11 Å². The third kappa shape index (κ3) is 3.67. The lowest BCUT2D eigenvalue weighted by Gasteiger charge is -2.09. The second-order valence-corrected chi connectivity index (χ2v) is 6.74. The molecule has 140 valence electrons. The molecule has 28 heavy (non-hydrogen) atoms. The van der Waals surface area contributed by atoms with Crippen molar-refractivity contribution >= 4 is 10.9 Å². The maximum absolute atomic E-state index is 13.3. The number of hydrogen-bond acceptors (Lipinski definition) is 3. The number of aromatic nitrogens is 2. The number of nitrogens with zero attached hydrogens (tertiary/aromatic N) is 2. The number of allylic oxidation sites excluding steroid dienone is 1. The molecule has 1 aliphatic heterocycles. The molecule has 1 aliphatic rings. The summed E-state index contributed by atoms with van der Waals surface area (Å²) in [6.45, 7) is 0.605. The first kappa shape index (κ1) is 18.0. The zero-order valence-electron chi connectivity index (χ0n) is 15.5. The Morgan fingerprint density at radius 3 is 2.71 bits per heavy atom. The van der Waals surface area contributed by atoms with Gasteiger partial charge in [-0.3, -0.25) is 9.36 Å². The van der Waals surface area contributed by atoms with Crippen molar-refractivity contribution in [3.63, 3.8) is 0 Å². The standard InChI is InChI=1S/C23H19FN2O2/c1-28-15-18-8-10-22-25-21-14-17(6-5-16-3-2-4-19(24)13-16)7-9-20(21)23(27)26(22)12-11-18/h2-4,7,9,13-15H,8,10-12H2,1H3. The van der Waals surface area contributed by atoms with E-state index in [9.17, 15) is 9.18 Å². The highest BCUT2D eigenvalue weighted by atomic mass is 19.1. The van der Waals surface area contributed by atoms with E-state index in [-0.39, 0.29) is 11.4 Å². The molecule has 5 heteroatoms. The van der Waals surface area contributed by atoms with Crippen molar-refractivity contribution in [3.05, 3.63) is 87.4 Å². The molecule has 0 radical (unpaired) electrons.